The van der Waals surface area contributed by atoms with Crippen LogP contribution in [0.5, 0.6) is 5.75 Å². The minimum atomic E-state index is -1.03. The number of carbonyl (C=O) groups excluding carboxylic acids is 4. The third kappa shape index (κ3) is 6.01. The van der Waals surface area contributed by atoms with Crippen molar-refractivity contribution in [3.63, 3.8) is 0 Å². The largest absolute Gasteiger partial charge is 0.415 e. The number of β-lactam (4-membered cyclic amide) rings is 1. The standard InChI is InChI=1S/C29H31F3N4O5/c1-2-36(29(40)41-20-6-4-19(30)5-7-20)25-16-35(15-21(25)18-3-8-22(31)23(32)13-18)27(38)17-9-11-34(12-10-17)28(39)24-14-26(37)33-24/h3-8,13,17,21,24-25H,2,9-12,14-16H2,1H3,(H,33,37). The first-order chi connectivity index (χ1) is 19.6. The summed E-state index contributed by atoms with van der Waals surface area (Å²) < 4.78 is 46.8. The van der Waals surface area contributed by atoms with E-state index in [1.54, 1.807) is 16.7 Å². The number of nitrogens with one attached hydrogen (secondary N) is 1. The maximum absolute atomic E-state index is 14.2. The van der Waals surface area contributed by atoms with Crippen molar-refractivity contribution in [3.8, 4) is 5.75 Å². The third-order valence-electron chi connectivity index (χ3n) is 8.15. The van der Waals surface area contributed by atoms with Gasteiger partial charge in [-0.3, -0.25) is 14.4 Å². The summed E-state index contributed by atoms with van der Waals surface area (Å²) in [5.41, 5.74) is 0.445. The summed E-state index contributed by atoms with van der Waals surface area (Å²) in [6.45, 7) is 3.07. The highest BCUT2D eigenvalue weighted by Crippen LogP contribution is 2.34. The molecule has 3 aliphatic heterocycles. The summed E-state index contributed by atoms with van der Waals surface area (Å²) in [5, 5.41) is 2.58. The minimum Gasteiger partial charge on any atom is -0.410 e. The summed E-state index contributed by atoms with van der Waals surface area (Å²) in [5.74, 6) is -3.65. The van der Waals surface area contributed by atoms with Crippen LogP contribution in [0, 0.1) is 23.4 Å². The number of nitrogens with zero attached hydrogens (tertiary/aromatic N) is 3. The van der Waals surface area contributed by atoms with Gasteiger partial charge in [0.15, 0.2) is 11.6 Å². The van der Waals surface area contributed by atoms with Crippen LogP contribution in [0.1, 0.15) is 37.7 Å². The van der Waals surface area contributed by atoms with Crippen LogP contribution >= 0.6 is 0 Å². The van der Waals surface area contributed by atoms with Crippen LogP contribution in [0.2, 0.25) is 0 Å². The SMILES string of the molecule is CCN(C(=O)Oc1ccc(F)cc1)C1CN(C(=O)C2CCN(C(=O)C3CC(=O)N3)CC2)CC1c1ccc(F)c(F)c1. The van der Waals surface area contributed by atoms with Gasteiger partial charge in [0, 0.05) is 44.6 Å². The predicted molar refractivity (Wildman–Crippen MR) is 140 cm³/mol. The van der Waals surface area contributed by atoms with Crippen molar-refractivity contribution in [1.29, 1.82) is 0 Å². The molecule has 12 heteroatoms. The molecule has 0 aliphatic carbocycles. The van der Waals surface area contributed by atoms with Crippen LogP contribution in [0.4, 0.5) is 18.0 Å². The Labute approximate surface area is 235 Å². The van der Waals surface area contributed by atoms with Crippen molar-refractivity contribution in [2.75, 3.05) is 32.7 Å². The van der Waals surface area contributed by atoms with E-state index in [-0.39, 0.29) is 55.4 Å². The lowest BCUT2D eigenvalue weighted by Crippen LogP contribution is -2.59. The van der Waals surface area contributed by atoms with Crippen molar-refractivity contribution < 1.29 is 37.1 Å². The number of ether oxygens (including phenoxy) is 1. The van der Waals surface area contributed by atoms with Gasteiger partial charge in [0.1, 0.15) is 17.6 Å². The fourth-order valence-corrected chi connectivity index (χ4v) is 5.85. The number of likely N-dealkylation sites (N-methyl/N-ethyl adjacent to an activating group) is 1. The second-order valence-corrected chi connectivity index (χ2v) is 10.6. The van der Waals surface area contributed by atoms with Gasteiger partial charge < -0.3 is 24.8 Å². The summed E-state index contributed by atoms with van der Waals surface area (Å²) in [6.07, 6.45) is 0.370. The number of amides is 4. The van der Waals surface area contributed by atoms with Crippen molar-refractivity contribution in [1.82, 2.24) is 20.0 Å². The van der Waals surface area contributed by atoms with E-state index in [1.807, 2.05) is 0 Å². The van der Waals surface area contributed by atoms with E-state index < -0.39 is 41.5 Å². The fraction of sp³-hybridized carbons (Fsp3) is 0.448. The first kappa shape index (κ1) is 28.4. The van der Waals surface area contributed by atoms with E-state index in [9.17, 15) is 32.3 Å². The Morgan fingerprint density at radius 1 is 0.951 bits per heavy atom. The van der Waals surface area contributed by atoms with Gasteiger partial charge in [0.2, 0.25) is 17.7 Å². The monoisotopic (exact) mass is 572 g/mol. The molecule has 3 saturated heterocycles. The van der Waals surface area contributed by atoms with E-state index in [0.29, 0.717) is 31.5 Å². The van der Waals surface area contributed by atoms with Crippen LogP contribution < -0.4 is 10.1 Å². The van der Waals surface area contributed by atoms with E-state index in [2.05, 4.69) is 5.32 Å². The smallest absolute Gasteiger partial charge is 0.410 e. The zero-order valence-electron chi connectivity index (χ0n) is 22.5. The molecule has 9 nitrogen and oxygen atoms in total. The number of likely N-dealkylation sites (tertiary alicyclic amines) is 2. The zero-order valence-corrected chi connectivity index (χ0v) is 22.5. The molecular formula is C29H31F3N4O5. The number of benzene rings is 2. The van der Waals surface area contributed by atoms with Gasteiger partial charge in [-0.25, -0.2) is 18.0 Å². The first-order valence-electron chi connectivity index (χ1n) is 13.7. The number of hydrogen-bond acceptors (Lipinski definition) is 5. The van der Waals surface area contributed by atoms with Gasteiger partial charge in [0.05, 0.1) is 12.5 Å². The molecule has 3 aliphatic rings. The minimum absolute atomic E-state index is 0.132. The van der Waals surface area contributed by atoms with Gasteiger partial charge in [-0.15, -0.1) is 0 Å². The topological polar surface area (TPSA) is 99.3 Å². The highest BCUT2D eigenvalue weighted by Gasteiger charge is 2.44. The molecule has 41 heavy (non-hydrogen) atoms. The lowest BCUT2D eigenvalue weighted by atomic mass is 9.93. The second-order valence-electron chi connectivity index (χ2n) is 10.6. The molecule has 0 bridgehead atoms. The normalized spacial score (nSPS) is 22.6. The Morgan fingerprint density at radius 2 is 1.63 bits per heavy atom. The maximum Gasteiger partial charge on any atom is 0.415 e. The first-order valence-corrected chi connectivity index (χ1v) is 13.7. The van der Waals surface area contributed by atoms with Gasteiger partial charge in [0.25, 0.3) is 0 Å². The molecule has 0 saturated carbocycles. The van der Waals surface area contributed by atoms with Gasteiger partial charge in [-0.05, 0) is 61.7 Å². The maximum atomic E-state index is 14.2. The van der Waals surface area contributed by atoms with Crippen molar-refractivity contribution in [2.45, 2.75) is 44.2 Å². The molecule has 2 aromatic carbocycles. The molecule has 3 unspecified atom stereocenters. The van der Waals surface area contributed by atoms with E-state index >= 15 is 0 Å². The lowest BCUT2D eigenvalue weighted by Gasteiger charge is -2.37. The van der Waals surface area contributed by atoms with Crippen molar-refractivity contribution >= 4 is 23.8 Å². The molecule has 0 radical (unpaired) electrons. The second kappa shape index (κ2) is 11.8. The molecule has 3 fully saturated rings. The summed E-state index contributed by atoms with van der Waals surface area (Å²) in [6, 6.07) is 7.46. The molecule has 5 rings (SSSR count). The van der Waals surface area contributed by atoms with Crippen LogP contribution in [-0.4, -0.2) is 83.3 Å². The number of rotatable bonds is 6. The fourth-order valence-electron chi connectivity index (χ4n) is 5.85. The Balaban J connectivity index is 1.30. The Kier molecular flexibility index (Phi) is 8.18. The molecule has 3 atom stereocenters. The molecule has 1 N–H and O–H groups in total. The van der Waals surface area contributed by atoms with E-state index in [1.165, 1.54) is 35.2 Å². The number of hydrogen-bond donors (Lipinski definition) is 1. The molecule has 0 spiro atoms. The van der Waals surface area contributed by atoms with Crippen LogP contribution in [-0.2, 0) is 14.4 Å². The van der Waals surface area contributed by atoms with Crippen LogP contribution in [0.3, 0.4) is 0 Å². The Bertz CT molecular complexity index is 1320. The van der Waals surface area contributed by atoms with Gasteiger partial charge >= 0.3 is 6.09 Å². The average Bonchev–Trinajstić information content (AvgIpc) is 3.38. The van der Waals surface area contributed by atoms with Crippen LogP contribution in [0.25, 0.3) is 0 Å². The molecule has 4 amide bonds. The van der Waals surface area contributed by atoms with Gasteiger partial charge in [-0.1, -0.05) is 6.07 Å². The Hall–Kier alpha value is -4.09. The lowest BCUT2D eigenvalue weighted by molar-refractivity contribution is -0.146. The predicted octanol–water partition coefficient (Wildman–Crippen LogP) is 3.05. The highest BCUT2D eigenvalue weighted by atomic mass is 19.2. The van der Waals surface area contributed by atoms with Crippen molar-refractivity contribution in [2.24, 2.45) is 5.92 Å². The molecule has 0 aromatic heterocycles. The van der Waals surface area contributed by atoms with E-state index in [4.69, 9.17) is 4.74 Å². The third-order valence-corrected chi connectivity index (χ3v) is 8.15. The molecule has 3 heterocycles. The summed E-state index contributed by atoms with van der Waals surface area (Å²) >= 11 is 0. The van der Waals surface area contributed by atoms with E-state index in [0.717, 1.165) is 12.1 Å². The molecule has 2 aromatic rings. The summed E-state index contributed by atoms with van der Waals surface area (Å²) in [7, 11) is 0. The summed E-state index contributed by atoms with van der Waals surface area (Å²) in [4.78, 5) is 55.3. The van der Waals surface area contributed by atoms with Crippen molar-refractivity contribution in [3.05, 3.63) is 65.5 Å². The van der Waals surface area contributed by atoms with Crippen LogP contribution in [0.15, 0.2) is 42.5 Å². The van der Waals surface area contributed by atoms with Gasteiger partial charge in [-0.2, -0.15) is 0 Å². The quantitative estimate of drug-likeness (QED) is 0.537. The average molecular weight is 573 g/mol. The highest BCUT2D eigenvalue weighted by molar-refractivity contribution is 5.97. The number of carbonyl (C=O) groups is 4. The molecule has 218 valence electrons. The molecular weight excluding hydrogens is 541 g/mol. The number of halogens is 3. The zero-order chi connectivity index (χ0) is 29.3. The number of piperidine rings is 1. The Morgan fingerprint density at radius 3 is 2.24 bits per heavy atom.